The summed E-state index contributed by atoms with van der Waals surface area (Å²) in [5.74, 6) is 1.46. The maximum atomic E-state index is 12.1. The second kappa shape index (κ2) is 8.29. The third kappa shape index (κ3) is 4.53. The lowest BCUT2D eigenvalue weighted by atomic mass is 10.2. The average molecular weight is 336 g/mol. The molecule has 2 aromatic carbocycles. The van der Waals surface area contributed by atoms with E-state index in [2.05, 4.69) is 5.32 Å². The zero-order chi connectivity index (χ0) is 16.7. The molecule has 0 aliphatic carbocycles. The molecule has 2 rings (SSSR count). The summed E-state index contributed by atoms with van der Waals surface area (Å²) in [6, 6.07) is 12.2. The zero-order valence-corrected chi connectivity index (χ0v) is 13.7. The average Bonchev–Trinajstić information content (AvgIpc) is 2.59. The van der Waals surface area contributed by atoms with Crippen LogP contribution in [-0.4, -0.2) is 33.3 Å². The summed E-state index contributed by atoms with van der Waals surface area (Å²) in [6.07, 6.45) is 0. The van der Waals surface area contributed by atoms with Crippen molar-refractivity contribution in [2.45, 2.75) is 0 Å². The highest BCUT2D eigenvalue weighted by Crippen LogP contribution is 2.27. The maximum absolute atomic E-state index is 12.1. The summed E-state index contributed by atoms with van der Waals surface area (Å²) in [5.41, 5.74) is 0.486. The number of nitrogens with one attached hydrogen (secondary N) is 1. The van der Waals surface area contributed by atoms with E-state index < -0.39 is 0 Å². The molecule has 0 heterocycles. The first-order valence-corrected chi connectivity index (χ1v) is 7.41. The smallest absolute Gasteiger partial charge is 0.251 e. The Hall–Kier alpha value is -2.40. The Labute approximate surface area is 140 Å². The fraction of sp³-hybridized carbons (Fsp3) is 0.235. The number of halogens is 1. The van der Waals surface area contributed by atoms with Crippen LogP contribution in [0.4, 0.5) is 0 Å². The Balaban J connectivity index is 1.86. The van der Waals surface area contributed by atoms with Crippen LogP contribution < -0.4 is 19.5 Å². The normalized spacial score (nSPS) is 10.0. The molecule has 2 aromatic rings. The van der Waals surface area contributed by atoms with Crippen LogP contribution in [0.15, 0.2) is 42.5 Å². The van der Waals surface area contributed by atoms with Crippen molar-refractivity contribution in [1.29, 1.82) is 0 Å². The predicted octanol–water partition coefficient (Wildman–Crippen LogP) is 3.17. The first-order valence-electron chi connectivity index (χ1n) is 7.03. The van der Waals surface area contributed by atoms with Crippen LogP contribution in [0.2, 0.25) is 5.02 Å². The first kappa shape index (κ1) is 17.0. The highest BCUT2D eigenvalue weighted by molar-refractivity contribution is 6.32. The van der Waals surface area contributed by atoms with Gasteiger partial charge in [0.2, 0.25) is 0 Å². The SMILES string of the molecule is COc1ccc(C(=O)NCCOc2ccccc2Cl)cc1OC. The number of amides is 1. The Morgan fingerprint density at radius 3 is 2.48 bits per heavy atom. The minimum Gasteiger partial charge on any atom is -0.493 e. The van der Waals surface area contributed by atoms with Crippen LogP contribution >= 0.6 is 11.6 Å². The lowest BCUT2D eigenvalue weighted by Gasteiger charge is -2.11. The lowest BCUT2D eigenvalue weighted by Crippen LogP contribution is -2.28. The third-order valence-corrected chi connectivity index (χ3v) is 3.44. The number of methoxy groups -OCH3 is 2. The van der Waals surface area contributed by atoms with Crippen molar-refractivity contribution < 1.29 is 19.0 Å². The van der Waals surface area contributed by atoms with Gasteiger partial charge in [-0.15, -0.1) is 0 Å². The Morgan fingerprint density at radius 1 is 1.04 bits per heavy atom. The summed E-state index contributed by atoms with van der Waals surface area (Å²) in [5, 5.41) is 3.31. The molecule has 0 aromatic heterocycles. The van der Waals surface area contributed by atoms with Crippen LogP contribution in [0.25, 0.3) is 0 Å². The molecule has 0 saturated heterocycles. The summed E-state index contributed by atoms with van der Waals surface area (Å²) in [4.78, 5) is 12.1. The number of benzene rings is 2. The molecule has 1 amide bonds. The summed E-state index contributed by atoms with van der Waals surface area (Å²) in [6.45, 7) is 0.682. The minimum absolute atomic E-state index is 0.214. The van der Waals surface area contributed by atoms with Crippen molar-refractivity contribution in [3.63, 3.8) is 0 Å². The number of carbonyl (C=O) groups is 1. The predicted molar refractivity (Wildman–Crippen MR) is 88.8 cm³/mol. The van der Waals surface area contributed by atoms with Crippen LogP contribution in [0.5, 0.6) is 17.2 Å². The minimum atomic E-state index is -0.214. The van der Waals surface area contributed by atoms with E-state index in [9.17, 15) is 4.79 Å². The molecule has 5 nitrogen and oxygen atoms in total. The zero-order valence-electron chi connectivity index (χ0n) is 13.0. The Bertz CT molecular complexity index is 675. The second-order valence-electron chi connectivity index (χ2n) is 4.60. The molecule has 122 valence electrons. The van der Waals surface area contributed by atoms with Gasteiger partial charge in [0.25, 0.3) is 5.91 Å². The van der Waals surface area contributed by atoms with Crippen LogP contribution in [0, 0.1) is 0 Å². The number of hydrogen-bond acceptors (Lipinski definition) is 4. The quantitative estimate of drug-likeness (QED) is 0.790. The highest BCUT2D eigenvalue weighted by atomic mass is 35.5. The molecule has 0 radical (unpaired) electrons. The van der Waals surface area contributed by atoms with Crippen LogP contribution in [0.1, 0.15) is 10.4 Å². The van der Waals surface area contributed by atoms with Gasteiger partial charge in [-0.3, -0.25) is 4.79 Å². The van der Waals surface area contributed by atoms with Crippen molar-refractivity contribution in [1.82, 2.24) is 5.32 Å². The van der Waals surface area contributed by atoms with Crippen molar-refractivity contribution in [2.75, 3.05) is 27.4 Å². The molecule has 0 bridgehead atoms. The topological polar surface area (TPSA) is 56.8 Å². The maximum Gasteiger partial charge on any atom is 0.251 e. The van der Waals surface area contributed by atoms with Gasteiger partial charge >= 0.3 is 0 Å². The molecule has 0 saturated carbocycles. The molecule has 0 spiro atoms. The van der Waals surface area contributed by atoms with Crippen LogP contribution in [-0.2, 0) is 0 Å². The van der Waals surface area contributed by atoms with Gasteiger partial charge in [-0.25, -0.2) is 0 Å². The standard InChI is InChI=1S/C17H18ClNO4/c1-21-15-8-7-12(11-16(15)22-2)17(20)19-9-10-23-14-6-4-3-5-13(14)18/h3-8,11H,9-10H2,1-2H3,(H,19,20). The van der Waals surface area contributed by atoms with E-state index in [0.717, 1.165) is 0 Å². The van der Waals surface area contributed by atoms with E-state index in [1.54, 1.807) is 37.4 Å². The van der Waals surface area contributed by atoms with Crippen molar-refractivity contribution in [3.8, 4) is 17.2 Å². The van der Waals surface area contributed by atoms with E-state index in [-0.39, 0.29) is 5.91 Å². The Morgan fingerprint density at radius 2 is 1.78 bits per heavy atom. The van der Waals surface area contributed by atoms with Gasteiger partial charge in [0.15, 0.2) is 11.5 Å². The number of hydrogen-bond donors (Lipinski definition) is 1. The molecule has 1 N–H and O–H groups in total. The third-order valence-electron chi connectivity index (χ3n) is 3.13. The van der Waals surface area contributed by atoms with Gasteiger partial charge < -0.3 is 19.5 Å². The first-order chi connectivity index (χ1) is 11.2. The highest BCUT2D eigenvalue weighted by Gasteiger charge is 2.10. The van der Waals surface area contributed by atoms with Crippen molar-refractivity contribution >= 4 is 17.5 Å². The van der Waals surface area contributed by atoms with Gasteiger partial charge in [-0.2, -0.15) is 0 Å². The molecular formula is C17H18ClNO4. The van der Waals surface area contributed by atoms with E-state index >= 15 is 0 Å². The Kier molecular flexibility index (Phi) is 6.11. The molecule has 0 unspecified atom stereocenters. The van der Waals surface area contributed by atoms with E-state index in [1.165, 1.54) is 7.11 Å². The molecule has 6 heteroatoms. The van der Waals surface area contributed by atoms with Crippen molar-refractivity contribution in [2.24, 2.45) is 0 Å². The second-order valence-corrected chi connectivity index (χ2v) is 5.01. The monoisotopic (exact) mass is 335 g/mol. The van der Waals surface area contributed by atoms with Gasteiger partial charge in [0.1, 0.15) is 12.4 Å². The summed E-state index contributed by atoms with van der Waals surface area (Å²) >= 11 is 5.99. The summed E-state index contributed by atoms with van der Waals surface area (Å²) < 4.78 is 15.8. The molecule has 0 aliphatic rings. The van der Waals surface area contributed by atoms with E-state index in [1.807, 2.05) is 12.1 Å². The van der Waals surface area contributed by atoms with Gasteiger partial charge in [0, 0.05) is 5.56 Å². The largest absolute Gasteiger partial charge is 0.493 e. The molecule has 23 heavy (non-hydrogen) atoms. The molecule has 0 fully saturated rings. The van der Waals surface area contributed by atoms with Gasteiger partial charge in [0.05, 0.1) is 25.8 Å². The van der Waals surface area contributed by atoms with Gasteiger partial charge in [-0.05, 0) is 30.3 Å². The van der Waals surface area contributed by atoms with E-state index in [0.29, 0.717) is 41.0 Å². The molecular weight excluding hydrogens is 318 g/mol. The van der Waals surface area contributed by atoms with Crippen molar-refractivity contribution in [3.05, 3.63) is 53.1 Å². The number of carbonyl (C=O) groups excluding carboxylic acids is 1. The number of para-hydroxylation sites is 1. The van der Waals surface area contributed by atoms with Crippen LogP contribution in [0.3, 0.4) is 0 Å². The number of ether oxygens (including phenoxy) is 3. The lowest BCUT2D eigenvalue weighted by molar-refractivity contribution is 0.0946. The molecule has 0 atom stereocenters. The summed E-state index contributed by atoms with van der Waals surface area (Å²) in [7, 11) is 3.07. The molecule has 0 aliphatic heterocycles. The number of rotatable bonds is 7. The fourth-order valence-electron chi connectivity index (χ4n) is 1.97. The van der Waals surface area contributed by atoms with E-state index in [4.69, 9.17) is 25.8 Å². The fourth-order valence-corrected chi connectivity index (χ4v) is 2.16. The van der Waals surface area contributed by atoms with Gasteiger partial charge in [-0.1, -0.05) is 23.7 Å².